The van der Waals surface area contributed by atoms with Gasteiger partial charge in [-0.3, -0.25) is 4.79 Å². The summed E-state index contributed by atoms with van der Waals surface area (Å²) in [5.41, 5.74) is 0.599. The van der Waals surface area contributed by atoms with Crippen LogP contribution in [0.25, 0.3) is 6.08 Å². The number of aromatic hydroxyl groups is 1. The van der Waals surface area contributed by atoms with Crippen molar-refractivity contribution >= 4 is 12.0 Å². The summed E-state index contributed by atoms with van der Waals surface area (Å²) in [6.07, 6.45) is 1.43. The lowest BCUT2D eigenvalue weighted by molar-refractivity contribution is -0.116. The van der Waals surface area contributed by atoms with Gasteiger partial charge in [0.2, 0.25) is 0 Å². The van der Waals surface area contributed by atoms with Gasteiger partial charge in [-0.05, 0) is 30.7 Å². The Kier molecular flexibility index (Phi) is 4.76. The van der Waals surface area contributed by atoms with Crippen molar-refractivity contribution in [3.63, 3.8) is 0 Å². The summed E-state index contributed by atoms with van der Waals surface area (Å²) in [5.74, 6) is -0.114. The number of rotatable bonds is 4. The van der Waals surface area contributed by atoms with Gasteiger partial charge in [0, 0.05) is 7.05 Å². The number of hydrogen-bond acceptors (Lipinski definition) is 4. The molecule has 5 heteroatoms. The molecule has 0 aliphatic heterocycles. The van der Waals surface area contributed by atoms with Crippen molar-refractivity contribution in [3.05, 3.63) is 29.3 Å². The summed E-state index contributed by atoms with van der Waals surface area (Å²) >= 11 is 0. The maximum atomic E-state index is 11.3. The van der Waals surface area contributed by atoms with Crippen LogP contribution in [-0.4, -0.2) is 24.7 Å². The van der Waals surface area contributed by atoms with Crippen LogP contribution in [0.4, 0.5) is 0 Å². The molecule has 1 aromatic carbocycles. The highest BCUT2D eigenvalue weighted by Gasteiger charge is 2.08. The number of phenolic OH excluding ortho intramolecular Hbond substituents is 1. The minimum absolute atomic E-state index is 0.00867. The molecule has 0 aliphatic rings. The zero-order valence-corrected chi connectivity index (χ0v) is 10.2. The third kappa shape index (κ3) is 3.25. The van der Waals surface area contributed by atoms with Crippen LogP contribution >= 0.6 is 0 Å². The smallest absolute Gasteiger partial charge is 0.261 e. The predicted molar refractivity (Wildman–Crippen MR) is 66.9 cm³/mol. The van der Waals surface area contributed by atoms with Gasteiger partial charge in [0.05, 0.1) is 6.61 Å². The number of nitrogens with one attached hydrogen (secondary N) is 1. The van der Waals surface area contributed by atoms with E-state index in [4.69, 9.17) is 10.00 Å². The lowest BCUT2D eigenvalue weighted by Crippen LogP contribution is -2.19. The summed E-state index contributed by atoms with van der Waals surface area (Å²) in [6.45, 7) is 2.22. The third-order valence-electron chi connectivity index (χ3n) is 2.19. The molecule has 0 fully saturated rings. The highest BCUT2D eigenvalue weighted by molar-refractivity contribution is 6.01. The molecule has 1 rings (SSSR count). The Hall–Kier alpha value is -2.48. The molecule has 94 valence electrons. The van der Waals surface area contributed by atoms with Gasteiger partial charge in [0.15, 0.2) is 11.5 Å². The molecule has 0 aromatic heterocycles. The second-order valence-electron chi connectivity index (χ2n) is 3.41. The van der Waals surface area contributed by atoms with Crippen molar-refractivity contribution < 1.29 is 14.6 Å². The van der Waals surface area contributed by atoms with E-state index in [1.54, 1.807) is 19.1 Å². The first kappa shape index (κ1) is 13.6. The van der Waals surface area contributed by atoms with Crippen molar-refractivity contribution in [2.75, 3.05) is 13.7 Å². The van der Waals surface area contributed by atoms with E-state index in [0.29, 0.717) is 17.9 Å². The van der Waals surface area contributed by atoms with E-state index in [1.807, 2.05) is 6.07 Å². The normalized spacial score (nSPS) is 10.6. The molecule has 0 unspecified atom stereocenters. The largest absolute Gasteiger partial charge is 0.504 e. The van der Waals surface area contributed by atoms with E-state index >= 15 is 0 Å². The zero-order chi connectivity index (χ0) is 13.5. The molecule has 0 heterocycles. The van der Waals surface area contributed by atoms with Crippen molar-refractivity contribution in [1.82, 2.24) is 5.32 Å². The van der Waals surface area contributed by atoms with E-state index < -0.39 is 5.91 Å². The molecule has 0 saturated heterocycles. The molecule has 5 nitrogen and oxygen atoms in total. The third-order valence-corrected chi connectivity index (χ3v) is 2.19. The van der Waals surface area contributed by atoms with Crippen LogP contribution in [0.2, 0.25) is 0 Å². The van der Waals surface area contributed by atoms with Gasteiger partial charge in [0.1, 0.15) is 11.6 Å². The van der Waals surface area contributed by atoms with Crippen molar-refractivity contribution in [2.45, 2.75) is 6.92 Å². The van der Waals surface area contributed by atoms with Crippen LogP contribution in [0.5, 0.6) is 11.5 Å². The molecule has 0 atom stereocenters. The minimum atomic E-state index is -0.455. The second kappa shape index (κ2) is 6.30. The minimum Gasteiger partial charge on any atom is -0.504 e. The van der Waals surface area contributed by atoms with Crippen molar-refractivity contribution in [3.8, 4) is 17.6 Å². The van der Waals surface area contributed by atoms with E-state index in [0.717, 1.165) is 0 Å². The topological polar surface area (TPSA) is 82.3 Å². The summed E-state index contributed by atoms with van der Waals surface area (Å²) < 4.78 is 5.22. The van der Waals surface area contributed by atoms with Gasteiger partial charge in [0.25, 0.3) is 5.91 Å². The standard InChI is InChI=1S/C13H14N2O3/c1-3-18-12-7-9(4-5-11(12)16)6-10(8-14)13(17)15-2/h4-7,16H,3H2,1-2H3,(H,15,17)/b10-6-. The van der Waals surface area contributed by atoms with Crippen LogP contribution in [-0.2, 0) is 4.79 Å². The molecule has 0 radical (unpaired) electrons. The van der Waals surface area contributed by atoms with Crippen LogP contribution < -0.4 is 10.1 Å². The van der Waals surface area contributed by atoms with E-state index in [9.17, 15) is 9.90 Å². The maximum absolute atomic E-state index is 11.3. The molecule has 1 aromatic rings. The Morgan fingerprint density at radius 2 is 2.33 bits per heavy atom. The van der Waals surface area contributed by atoms with Crippen LogP contribution in [0, 0.1) is 11.3 Å². The highest BCUT2D eigenvalue weighted by Crippen LogP contribution is 2.27. The SMILES string of the molecule is CCOc1cc(/C=C(/C#N)C(=O)NC)ccc1O. The first-order valence-electron chi connectivity index (χ1n) is 5.42. The Labute approximate surface area is 105 Å². The number of carbonyl (C=O) groups excluding carboxylic acids is 1. The molecule has 0 saturated carbocycles. The van der Waals surface area contributed by atoms with E-state index in [-0.39, 0.29) is 11.3 Å². The summed E-state index contributed by atoms with van der Waals surface area (Å²) in [4.78, 5) is 11.3. The Bertz CT molecular complexity index is 515. The average Bonchev–Trinajstić information content (AvgIpc) is 2.39. The Morgan fingerprint density at radius 3 is 2.89 bits per heavy atom. The fraction of sp³-hybridized carbons (Fsp3) is 0.231. The number of amides is 1. The van der Waals surface area contributed by atoms with Crippen molar-refractivity contribution in [1.29, 1.82) is 5.26 Å². The van der Waals surface area contributed by atoms with Crippen LogP contribution in [0.3, 0.4) is 0 Å². The number of nitriles is 1. The number of carbonyl (C=O) groups is 1. The van der Waals surface area contributed by atoms with Crippen LogP contribution in [0.1, 0.15) is 12.5 Å². The van der Waals surface area contributed by atoms with Gasteiger partial charge in [-0.25, -0.2) is 0 Å². The fourth-order valence-electron chi connectivity index (χ4n) is 1.34. The number of phenols is 1. The maximum Gasteiger partial charge on any atom is 0.261 e. The quantitative estimate of drug-likeness (QED) is 0.622. The average molecular weight is 246 g/mol. The number of hydrogen-bond donors (Lipinski definition) is 2. The van der Waals surface area contributed by atoms with Gasteiger partial charge < -0.3 is 15.2 Å². The lowest BCUT2D eigenvalue weighted by atomic mass is 10.1. The monoisotopic (exact) mass is 246 g/mol. The summed E-state index contributed by atoms with van der Waals surface area (Å²) in [6, 6.07) is 6.43. The summed E-state index contributed by atoms with van der Waals surface area (Å²) in [7, 11) is 1.45. The number of likely N-dealkylation sites (N-methyl/N-ethyl adjacent to an activating group) is 1. The molecular formula is C13H14N2O3. The molecule has 18 heavy (non-hydrogen) atoms. The van der Waals surface area contributed by atoms with Crippen LogP contribution in [0.15, 0.2) is 23.8 Å². The van der Waals surface area contributed by atoms with E-state index in [2.05, 4.69) is 5.32 Å². The molecule has 0 spiro atoms. The lowest BCUT2D eigenvalue weighted by Gasteiger charge is -2.06. The molecule has 2 N–H and O–H groups in total. The number of benzene rings is 1. The predicted octanol–water partition coefficient (Wildman–Crippen LogP) is 1.44. The second-order valence-corrected chi connectivity index (χ2v) is 3.41. The summed E-state index contributed by atoms with van der Waals surface area (Å²) in [5, 5.41) is 20.8. The highest BCUT2D eigenvalue weighted by atomic mass is 16.5. The van der Waals surface area contributed by atoms with Gasteiger partial charge in [-0.15, -0.1) is 0 Å². The zero-order valence-electron chi connectivity index (χ0n) is 10.2. The first-order chi connectivity index (χ1) is 8.62. The molecule has 1 amide bonds. The number of ether oxygens (including phenoxy) is 1. The van der Waals surface area contributed by atoms with E-state index in [1.165, 1.54) is 19.2 Å². The molecule has 0 aliphatic carbocycles. The first-order valence-corrected chi connectivity index (χ1v) is 5.42. The fourth-order valence-corrected chi connectivity index (χ4v) is 1.34. The molecule has 0 bridgehead atoms. The van der Waals surface area contributed by atoms with Gasteiger partial charge in [-0.2, -0.15) is 5.26 Å². The molecular weight excluding hydrogens is 232 g/mol. The van der Waals surface area contributed by atoms with Crippen molar-refractivity contribution in [2.24, 2.45) is 0 Å². The Balaban J connectivity index is 3.11. The van der Waals surface area contributed by atoms with Gasteiger partial charge in [-0.1, -0.05) is 6.07 Å². The number of nitrogens with zero attached hydrogens (tertiary/aromatic N) is 1. The van der Waals surface area contributed by atoms with Gasteiger partial charge >= 0.3 is 0 Å². The Morgan fingerprint density at radius 1 is 1.61 bits per heavy atom.